The van der Waals surface area contributed by atoms with Gasteiger partial charge in [0.15, 0.2) is 0 Å². The van der Waals surface area contributed by atoms with Gasteiger partial charge in [0.25, 0.3) is 0 Å². The summed E-state index contributed by atoms with van der Waals surface area (Å²) in [5.74, 6) is 0. The topological polar surface area (TPSA) is 47.7 Å². The van der Waals surface area contributed by atoms with Gasteiger partial charge in [0.05, 0.1) is 19.3 Å². The second-order valence-corrected chi connectivity index (χ2v) is 5.74. The third-order valence-corrected chi connectivity index (χ3v) is 4.32. The average molecular weight is 286 g/mol. The standard InChI is InChI=1S/C14H26N2O2S/c1-11-5-10-19-14(11)13(12(2)15)16(6-8-17-3)7-9-18-4/h5,10,12-13H,6-9,15H2,1-4H3. The second-order valence-electron chi connectivity index (χ2n) is 4.79. The van der Waals surface area contributed by atoms with Gasteiger partial charge in [0.2, 0.25) is 0 Å². The Morgan fingerprint density at radius 2 is 1.84 bits per heavy atom. The molecule has 0 saturated heterocycles. The van der Waals surface area contributed by atoms with E-state index in [9.17, 15) is 0 Å². The molecule has 0 spiro atoms. The minimum atomic E-state index is 0.0751. The molecule has 2 atom stereocenters. The summed E-state index contributed by atoms with van der Waals surface area (Å²) >= 11 is 1.78. The lowest BCUT2D eigenvalue weighted by Gasteiger charge is -2.34. The lowest BCUT2D eigenvalue weighted by molar-refractivity contribution is 0.0810. The first kappa shape index (κ1) is 16.6. The van der Waals surface area contributed by atoms with Crippen molar-refractivity contribution in [3.63, 3.8) is 0 Å². The third-order valence-electron chi connectivity index (χ3n) is 3.23. The van der Waals surface area contributed by atoms with Crippen molar-refractivity contribution >= 4 is 11.3 Å². The highest BCUT2D eigenvalue weighted by Crippen LogP contribution is 2.30. The molecular weight excluding hydrogens is 260 g/mol. The minimum Gasteiger partial charge on any atom is -0.383 e. The van der Waals surface area contributed by atoms with Crippen molar-refractivity contribution in [1.29, 1.82) is 0 Å². The molecule has 0 aromatic carbocycles. The molecule has 0 fully saturated rings. The van der Waals surface area contributed by atoms with Crippen LogP contribution in [0.2, 0.25) is 0 Å². The summed E-state index contributed by atoms with van der Waals surface area (Å²) in [6, 6.07) is 2.46. The van der Waals surface area contributed by atoms with E-state index in [0.717, 1.165) is 13.1 Å². The van der Waals surface area contributed by atoms with Gasteiger partial charge in [-0.15, -0.1) is 11.3 Å². The fourth-order valence-electron chi connectivity index (χ4n) is 2.23. The number of hydrogen-bond acceptors (Lipinski definition) is 5. The number of nitrogens with zero attached hydrogens (tertiary/aromatic N) is 1. The Morgan fingerprint density at radius 1 is 1.26 bits per heavy atom. The average Bonchev–Trinajstić information content (AvgIpc) is 2.78. The highest BCUT2D eigenvalue weighted by atomic mass is 32.1. The van der Waals surface area contributed by atoms with Gasteiger partial charge in [-0.2, -0.15) is 0 Å². The molecule has 0 saturated carbocycles. The van der Waals surface area contributed by atoms with Crippen molar-refractivity contribution in [1.82, 2.24) is 4.90 Å². The summed E-state index contributed by atoms with van der Waals surface area (Å²) < 4.78 is 10.4. The number of nitrogens with two attached hydrogens (primary N) is 1. The third kappa shape index (κ3) is 4.85. The molecule has 5 heteroatoms. The molecule has 1 heterocycles. The first-order valence-electron chi connectivity index (χ1n) is 6.63. The maximum absolute atomic E-state index is 6.22. The summed E-state index contributed by atoms with van der Waals surface area (Å²) in [6.45, 7) is 7.35. The molecule has 4 nitrogen and oxygen atoms in total. The maximum Gasteiger partial charge on any atom is 0.0595 e. The Kier molecular flexibility index (Phi) is 7.56. The van der Waals surface area contributed by atoms with Crippen molar-refractivity contribution in [2.24, 2.45) is 5.73 Å². The molecule has 1 rings (SSSR count). The van der Waals surface area contributed by atoms with Gasteiger partial charge >= 0.3 is 0 Å². The largest absolute Gasteiger partial charge is 0.383 e. The van der Waals surface area contributed by atoms with Crippen molar-refractivity contribution in [3.05, 3.63) is 21.9 Å². The van der Waals surface area contributed by atoms with E-state index in [0.29, 0.717) is 13.2 Å². The van der Waals surface area contributed by atoms with E-state index in [2.05, 4.69) is 30.2 Å². The van der Waals surface area contributed by atoms with Crippen LogP contribution >= 0.6 is 11.3 Å². The molecule has 1 aromatic heterocycles. The summed E-state index contributed by atoms with van der Waals surface area (Å²) in [4.78, 5) is 3.71. The zero-order valence-corrected chi connectivity index (χ0v) is 13.2. The number of methoxy groups -OCH3 is 2. The van der Waals surface area contributed by atoms with Crippen molar-refractivity contribution in [3.8, 4) is 0 Å². The Hall–Kier alpha value is -0.460. The molecule has 2 unspecified atom stereocenters. The van der Waals surface area contributed by atoms with E-state index in [1.807, 2.05) is 0 Å². The van der Waals surface area contributed by atoms with Crippen LogP contribution in [0.5, 0.6) is 0 Å². The van der Waals surface area contributed by atoms with Gasteiger partial charge in [0.1, 0.15) is 0 Å². The molecule has 1 aromatic rings. The van der Waals surface area contributed by atoms with Crippen LogP contribution in [0.4, 0.5) is 0 Å². The van der Waals surface area contributed by atoms with Crippen LogP contribution in [0.15, 0.2) is 11.4 Å². The molecule has 0 radical (unpaired) electrons. The SMILES string of the molecule is COCCN(CCOC)C(c1sccc1C)C(C)N. The zero-order chi connectivity index (χ0) is 14.3. The van der Waals surface area contributed by atoms with Crippen LogP contribution in [-0.4, -0.2) is 51.5 Å². The second kappa shape index (κ2) is 8.66. The molecule has 0 aliphatic carbocycles. The summed E-state index contributed by atoms with van der Waals surface area (Å²) in [6.07, 6.45) is 0. The fourth-order valence-corrected chi connectivity index (χ4v) is 3.41. The lowest BCUT2D eigenvalue weighted by atomic mass is 10.0. The highest BCUT2D eigenvalue weighted by Gasteiger charge is 2.26. The van der Waals surface area contributed by atoms with Gasteiger partial charge in [-0.1, -0.05) is 0 Å². The van der Waals surface area contributed by atoms with Crippen LogP contribution in [0.1, 0.15) is 23.4 Å². The first-order valence-corrected chi connectivity index (χ1v) is 7.51. The van der Waals surface area contributed by atoms with Crippen molar-refractivity contribution in [2.75, 3.05) is 40.5 Å². The normalized spacial score (nSPS) is 14.8. The molecule has 19 heavy (non-hydrogen) atoms. The van der Waals surface area contributed by atoms with E-state index in [1.54, 1.807) is 25.6 Å². The molecule has 0 aliphatic heterocycles. The number of ether oxygens (including phenoxy) is 2. The number of rotatable bonds is 9. The van der Waals surface area contributed by atoms with E-state index >= 15 is 0 Å². The molecule has 110 valence electrons. The lowest BCUT2D eigenvalue weighted by Crippen LogP contribution is -2.42. The van der Waals surface area contributed by atoms with Gasteiger partial charge in [0, 0.05) is 38.2 Å². The van der Waals surface area contributed by atoms with E-state index in [1.165, 1.54) is 10.4 Å². The number of aryl methyl sites for hydroxylation is 1. The van der Waals surface area contributed by atoms with E-state index in [4.69, 9.17) is 15.2 Å². The van der Waals surface area contributed by atoms with Gasteiger partial charge in [-0.3, -0.25) is 4.90 Å². The van der Waals surface area contributed by atoms with Crippen LogP contribution in [0, 0.1) is 6.92 Å². The smallest absolute Gasteiger partial charge is 0.0595 e. The molecule has 0 amide bonds. The molecule has 2 N–H and O–H groups in total. The summed E-state index contributed by atoms with van der Waals surface area (Å²) in [5.41, 5.74) is 7.54. The Labute approximate surface area is 120 Å². The predicted octanol–water partition coefficient (Wildman–Crippen LogP) is 2.04. The monoisotopic (exact) mass is 286 g/mol. The minimum absolute atomic E-state index is 0.0751. The summed E-state index contributed by atoms with van der Waals surface area (Å²) in [5, 5.41) is 2.13. The quantitative estimate of drug-likeness (QED) is 0.754. The van der Waals surface area contributed by atoms with Crippen molar-refractivity contribution < 1.29 is 9.47 Å². The zero-order valence-electron chi connectivity index (χ0n) is 12.4. The Morgan fingerprint density at radius 3 is 2.21 bits per heavy atom. The van der Waals surface area contributed by atoms with E-state index < -0.39 is 0 Å². The number of hydrogen-bond donors (Lipinski definition) is 1. The fraction of sp³-hybridized carbons (Fsp3) is 0.714. The van der Waals surface area contributed by atoms with Gasteiger partial charge < -0.3 is 15.2 Å². The van der Waals surface area contributed by atoms with E-state index in [-0.39, 0.29) is 12.1 Å². The van der Waals surface area contributed by atoms with Crippen LogP contribution in [0.25, 0.3) is 0 Å². The van der Waals surface area contributed by atoms with Crippen molar-refractivity contribution in [2.45, 2.75) is 25.9 Å². The van der Waals surface area contributed by atoms with Crippen LogP contribution < -0.4 is 5.73 Å². The predicted molar refractivity (Wildman–Crippen MR) is 80.8 cm³/mol. The van der Waals surface area contributed by atoms with Crippen LogP contribution in [0.3, 0.4) is 0 Å². The summed E-state index contributed by atoms with van der Waals surface area (Å²) in [7, 11) is 3.46. The maximum atomic E-state index is 6.22. The van der Waals surface area contributed by atoms with Gasteiger partial charge in [-0.25, -0.2) is 0 Å². The first-order chi connectivity index (χ1) is 9.11. The Bertz CT molecular complexity index is 347. The Balaban J connectivity index is 2.88. The van der Waals surface area contributed by atoms with Gasteiger partial charge in [-0.05, 0) is 30.9 Å². The molecule has 0 bridgehead atoms. The molecule has 0 aliphatic rings. The highest BCUT2D eigenvalue weighted by molar-refractivity contribution is 7.10. The molecular formula is C14H26N2O2S. The van der Waals surface area contributed by atoms with Crippen LogP contribution in [-0.2, 0) is 9.47 Å². The number of thiophene rings is 1.